The quantitative estimate of drug-likeness (QED) is 0.671. The maximum absolute atomic E-state index is 5.51. The van der Waals surface area contributed by atoms with Crippen LogP contribution in [0.1, 0.15) is 16.9 Å². The number of hydroxylamine groups is 1. The smallest absolute Gasteiger partial charge is 0.304 e. The molecule has 1 unspecified atom stereocenters. The zero-order valence-electron chi connectivity index (χ0n) is 7.36. The minimum atomic E-state index is -0.478. The molecule has 0 radical (unpaired) electrons. The van der Waals surface area contributed by atoms with E-state index in [-0.39, 0.29) is 6.02 Å². The van der Waals surface area contributed by atoms with Gasteiger partial charge in [0.25, 0.3) is 0 Å². The van der Waals surface area contributed by atoms with Crippen LogP contribution >= 0.6 is 11.3 Å². The number of nitrogens with two attached hydrogens (primary N) is 1. The molecule has 1 aromatic rings. The summed E-state index contributed by atoms with van der Waals surface area (Å²) in [5, 5.41) is 2.05. The Morgan fingerprint density at radius 1 is 1.64 bits per heavy atom. The molecule has 3 N–H and O–H groups in total. The summed E-state index contributed by atoms with van der Waals surface area (Å²) in [6, 6.07) is 2.26. The van der Waals surface area contributed by atoms with E-state index in [1.165, 1.54) is 4.88 Å². The molecule has 1 atom stereocenters. The van der Waals surface area contributed by atoms with E-state index in [2.05, 4.69) is 28.7 Å². The Morgan fingerprint density at radius 2 is 2.57 bits per heavy atom. The summed E-state index contributed by atoms with van der Waals surface area (Å²) in [7, 11) is 0. The fourth-order valence-corrected chi connectivity index (χ4v) is 2.70. The summed E-state index contributed by atoms with van der Waals surface area (Å²) in [6.07, 6.45) is 4.96. The van der Waals surface area contributed by atoms with Crippen molar-refractivity contribution in [2.24, 2.45) is 10.7 Å². The molecule has 72 valence electrons. The van der Waals surface area contributed by atoms with Gasteiger partial charge in [0.05, 0.1) is 0 Å². The third-order valence-electron chi connectivity index (χ3n) is 2.45. The van der Waals surface area contributed by atoms with Crippen molar-refractivity contribution in [2.45, 2.75) is 12.1 Å². The molecule has 5 heteroatoms. The Labute approximate surface area is 85.0 Å². The number of aliphatic imine (C=N–C) groups is 1. The number of rotatable bonds is 0. The highest BCUT2D eigenvalue weighted by atomic mass is 32.1. The molecule has 1 aromatic heterocycles. The number of amidine groups is 1. The summed E-state index contributed by atoms with van der Waals surface area (Å²) in [5.41, 5.74) is 9.07. The zero-order valence-corrected chi connectivity index (χ0v) is 8.17. The fraction of sp³-hybridized carbons (Fsp3) is 0.222. The summed E-state index contributed by atoms with van der Waals surface area (Å²) in [6.45, 7) is 0. The molecule has 0 fully saturated rings. The van der Waals surface area contributed by atoms with Crippen LogP contribution in [0.15, 0.2) is 22.5 Å². The lowest BCUT2D eigenvalue weighted by Crippen LogP contribution is -2.36. The minimum absolute atomic E-state index is 0.206. The molecular formula is C9H9N3OS. The molecule has 0 bridgehead atoms. The third-order valence-corrected chi connectivity index (χ3v) is 3.33. The van der Waals surface area contributed by atoms with Crippen LogP contribution < -0.4 is 11.2 Å². The maximum Gasteiger partial charge on any atom is 0.304 e. The third kappa shape index (κ3) is 0.935. The van der Waals surface area contributed by atoms with Crippen LogP contribution in [0.25, 0.3) is 6.08 Å². The molecule has 2 heterocycles. The first-order chi connectivity index (χ1) is 6.80. The predicted molar refractivity (Wildman–Crippen MR) is 55.5 cm³/mol. The average molecular weight is 207 g/mol. The van der Waals surface area contributed by atoms with Crippen LogP contribution in [0.2, 0.25) is 0 Å². The number of hydrogen-bond acceptors (Lipinski definition) is 5. The van der Waals surface area contributed by atoms with Gasteiger partial charge in [-0.1, -0.05) is 6.08 Å². The highest BCUT2D eigenvalue weighted by molar-refractivity contribution is 7.11. The second-order valence-corrected chi connectivity index (χ2v) is 4.27. The van der Waals surface area contributed by atoms with Gasteiger partial charge in [-0.05, 0) is 17.5 Å². The SMILES string of the molecule is NC1=NC2(CC=Cc3sccc32)NO1. The second-order valence-electron chi connectivity index (χ2n) is 3.32. The van der Waals surface area contributed by atoms with Crippen LogP contribution in [-0.2, 0) is 10.5 Å². The summed E-state index contributed by atoms with van der Waals surface area (Å²) < 4.78 is 0. The molecule has 0 aromatic carbocycles. The minimum Gasteiger partial charge on any atom is -0.368 e. The number of hydrogen-bond donors (Lipinski definition) is 2. The number of nitrogens with one attached hydrogen (secondary N) is 1. The highest BCUT2D eigenvalue weighted by Crippen LogP contribution is 2.39. The molecule has 0 saturated carbocycles. The van der Waals surface area contributed by atoms with Gasteiger partial charge >= 0.3 is 6.02 Å². The lowest BCUT2D eigenvalue weighted by Gasteiger charge is -2.25. The molecule has 1 spiro atoms. The van der Waals surface area contributed by atoms with Crippen molar-refractivity contribution in [1.82, 2.24) is 5.48 Å². The van der Waals surface area contributed by atoms with Gasteiger partial charge in [0.15, 0.2) is 5.66 Å². The number of thiophene rings is 1. The Bertz CT molecular complexity index is 437. The molecule has 0 saturated heterocycles. The first kappa shape index (κ1) is 8.02. The van der Waals surface area contributed by atoms with Crippen LogP contribution in [0.4, 0.5) is 0 Å². The van der Waals surface area contributed by atoms with Crippen LogP contribution in [-0.4, -0.2) is 6.02 Å². The van der Waals surface area contributed by atoms with E-state index >= 15 is 0 Å². The maximum atomic E-state index is 5.51. The van der Waals surface area contributed by atoms with Gasteiger partial charge in [-0.25, -0.2) is 4.99 Å². The molecule has 14 heavy (non-hydrogen) atoms. The molecular weight excluding hydrogens is 198 g/mol. The van der Waals surface area contributed by atoms with Gasteiger partial charge in [0, 0.05) is 16.9 Å². The Hall–Kier alpha value is -1.33. The fourth-order valence-electron chi connectivity index (χ4n) is 1.81. The van der Waals surface area contributed by atoms with Crippen molar-refractivity contribution < 1.29 is 4.84 Å². The largest absolute Gasteiger partial charge is 0.368 e. The van der Waals surface area contributed by atoms with Gasteiger partial charge in [0.2, 0.25) is 0 Å². The van der Waals surface area contributed by atoms with E-state index in [4.69, 9.17) is 10.6 Å². The van der Waals surface area contributed by atoms with Gasteiger partial charge < -0.3 is 10.6 Å². The van der Waals surface area contributed by atoms with E-state index in [0.717, 1.165) is 12.0 Å². The first-order valence-corrected chi connectivity index (χ1v) is 5.22. The van der Waals surface area contributed by atoms with Crippen molar-refractivity contribution in [3.63, 3.8) is 0 Å². The van der Waals surface area contributed by atoms with Crippen molar-refractivity contribution in [3.8, 4) is 0 Å². The van der Waals surface area contributed by atoms with Crippen molar-refractivity contribution in [1.29, 1.82) is 0 Å². The zero-order chi connectivity index (χ0) is 9.60. The monoisotopic (exact) mass is 207 g/mol. The second kappa shape index (κ2) is 2.59. The number of fused-ring (bicyclic) bond motifs is 2. The Morgan fingerprint density at radius 3 is 3.36 bits per heavy atom. The molecule has 0 amide bonds. The molecule has 3 rings (SSSR count). The van der Waals surface area contributed by atoms with Crippen LogP contribution in [0.3, 0.4) is 0 Å². The molecule has 4 nitrogen and oxygen atoms in total. The standard InChI is InChI=1S/C9H9N3OS/c10-8-11-9(12-13-8)4-1-2-7-6(9)3-5-14-7/h1-3,5,12H,4H2,(H2,10,11). The van der Waals surface area contributed by atoms with Gasteiger partial charge in [-0.2, -0.15) is 0 Å². The van der Waals surface area contributed by atoms with E-state index in [1.54, 1.807) is 11.3 Å². The van der Waals surface area contributed by atoms with E-state index < -0.39 is 5.66 Å². The lowest BCUT2D eigenvalue weighted by molar-refractivity contribution is 0.117. The molecule has 2 aliphatic rings. The van der Waals surface area contributed by atoms with Crippen molar-refractivity contribution in [3.05, 3.63) is 28.0 Å². The van der Waals surface area contributed by atoms with Gasteiger partial charge in [-0.3, -0.25) is 0 Å². The van der Waals surface area contributed by atoms with Crippen LogP contribution in [0, 0.1) is 0 Å². The first-order valence-electron chi connectivity index (χ1n) is 4.34. The Balaban J connectivity index is 2.16. The normalized spacial score (nSPS) is 28.7. The molecule has 1 aliphatic heterocycles. The van der Waals surface area contributed by atoms with E-state index in [1.807, 2.05) is 5.38 Å². The lowest BCUT2D eigenvalue weighted by atomic mass is 9.93. The topological polar surface area (TPSA) is 59.6 Å². The predicted octanol–water partition coefficient (Wildman–Crippen LogP) is 1.17. The van der Waals surface area contributed by atoms with E-state index in [0.29, 0.717) is 0 Å². The van der Waals surface area contributed by atoms with E-state index in [9.17, 15) is 0 Å². The molecule has 1 aliphatic carbocycles. The summed E-state index contributed by atoms with van der Waals surface area (Å²) >= 11 is 1.69. The van der Waals surface area contributed by atoms with Crippen molar-refractivity contribution >= 4 is 23.4 Å². The van der Waals surface area contributed by atoms with Crippen molar-refractivity contribution in [2.75, 3.05) is 0 Å². The highest BCUT2D eigenvalue weighted by Gasteiger charge is 2.40. The Kier molecular flexibility index (Phi) is 1.48. The average Bonchev–Trinajstić information content (AvgIpc) is 2.75. The van der Waals surface area contributed by atoms with Gasteiger partial charge in [-0.15, -0.1) is 16.8 Å². The van der Waals surface area contributed by atoms with Crippen LogP contribution in [0.5, 0.6) is 0 Å². The summed E-state index contributed by atoms with van der Waals surface area (Å²) in [4.78, 5) is 10.5. The number of nitrogens with zero attached hydrogens (tertiary/aromatic N) is 1. The van der Waals surface area contributed by atoms with Gasteiger partial charge in [0.1, 0.15) is 0 Å². The summed E-state index contributed by atoms with van der Waals surface area (Å²) in [5.74, 6) is 0.